The Morgan fingerprint density at radius 1 is 1.18 bits per heavy atom. The van der Waals surface area contributed by atoms with E-state index in [0.29, 0.717) is 30.6 Å². The molecule has 2 N–H and O–H groups in total. The molecule has 1 aromatic carbocycles. The van der Waals surface area contributed by atoms with Crippen LogP contribution < -0.4 is 25.7 Å². The van der Waals surface area contributed by atoms with Crippen molar-refractivity contribution in [3.8, 4) is 11.5 Å². The molecule has 1 aromatic heterocycles. The fourth-order valence-electron chi connectivity index (χ4n) is 2.60. The van der Waals surface area contributed by atoms with Gasteiger partial charge in [0.15, 0.2) is 17.5 Å². The predicted molar refractivity (Wildman–Crippen MR) is 124 cm³/mol. The third kappa shape index (κ3) is 7.41. The molecule has 7 nitrogen and oxygen atoms in total. The number of unbranched alkanes of at least 4 members (excludes halogenated alkanes) is 1. The molecule has 0 aliphatic rings. The molecule has 0 bridgehead atoms. The van der Waals surface area contributed by atoms with E-state index in [0.717, 1.165) is 25.1 Å². The zero-order chi connectivity index (χ0) is 19.5. The lowest BCUT2D eigenvalue weighted by Gasteiger charge is -2.14. The normalized spacial score (nSPS) is 10.8. The molecule has 0 unspecified atom stereocenters. The number of hydrogen-bond donors (Lipinski definition) is 2. The minimum absolute atomic E-state index is 0. The van der Waals surface area contributed by atoms with Gasteiger partial charge in [-0.05, 0) is 38.0 Å². The number of nitrogens with zero attached hydrogens (tertiary/aromatic N) is 2. The highest BCUT2D eigenvalue weighted by Gasteiger charge is 2.06. The number of benzene rings is 1. The van der Waals surface area contributed by atoms with Gasteiger partial charge in [0.05, 0.1) is 13.7 Å². The number of methoxy groups -OCH3 is 1. The first-order chi connectivity index (χ1) is 13.2. The van der Waals surface area contributed by atoms with Gasteiger partial charge in [0.25, 0.3) is 0 Å². The molecule has 154 valence electrons. The summed E-state index contributed by atoms with van der Waals surface area (Å²) >= 11 is 0. The summed E-state index contributed by atoms with van der Waals surface area (Å²) in [5.41, 5.74) is 0.895. The van der Waals surface area contributed by atoms with Crippen LogP contribution in [0.25, 0.3) is 0 Å². The third-order valence-electron chi connectivity index (χ3n) is 3.97. The minimum atomic E-state index is 0. The van der Waals surface area contributed by atoms with E-state index in [9.17, 15) is 4.79 Å². The zero-order valence-electron chi connectivity index (χ0n) is 16.6. The average molecular weight is 500 g/mol. The largest absolute Gasteiger partial charge is 0.493 e. The molecule has 0 aliphatic heterocycles. The van der Waals surface area contributed by atoms with Crippen LogP contribution >= 0.6 is 24.0 Å². The maximum absolute atomic E-state index is 11.7. The van der Waals surface area contributed by atoms with Crippen molar-refractivity contribution in [3.05, 3.63) is 52.9 Å². The molecule has 0 radical (unpaired) electrons. The number of pyridine rings is 1. The lowest BCUT2D eigenvalue weighted by atomic mass is 10.2. The van der Waals surface area contributed by atoms with E-state index >= 15 is 0 Å². The molecule has 0 aliphatic carbocycles. The Morgan fingerprint density at radius 3 is 2.68 bits per heavy atom. The van der Waals surface area contributed by atoms with Crippen LogP contribution in [0.3, 0.4) is 0 Å². The molecule has 28 heavy (non-hydrogen) atoms. The lowest BCUT2D eigenvalue weighted by molar-refractivity contribution is 0.311. The predicted octanol–water partition coefficient (Wildman–Crippen LogP) is 3.34. The van der Waals surface area contributed by atoms with Crippen molar-refractivity contribution in [2.45, 2.75) is 26.3 Å². The highest BCUT2D eigenvalue weighted by molar-refractivity contribution is 14.0. The van der Waals surface area contributed by atoms with Crippen LogP contribution in [-0.2, 0) is 6.54 Å². The minimum Gasteiger partial charge on any atom is -0.493 e. The van der Waals surface area contributed by atoms with E-state index in [4.69, 9.17) is 9.47 Å². The number of guanidine groups is 1. The fraction of sp³-hybridized carbons (Fsp3) is 0.400. The topological polar surface area (TPSA) is 76.9 Å². The number of nitrogens with one attached hydrogen (secondary N) is 2. The number of aliphatic imine (C=N–C) groups is 1. The van der Waals surface area contributed by atoms with Crippen molar-refractivity contribution in [3.63, 3.8) is 0 Å². The Labute approximate surface area is 183 Å². The molecule has 0 spiro atoms. The fourth-order valence-corrected chi connectivity index (χ4v) is 2.60. The average Bonchev–Trinajstić information content (AvgIpc) is 2.69. The molecule has 1 heterocycles. The van der Waals surface area contributed by atoms with Crippen LogP contribution in [-0.4, -0.2) is 37.8 Å². The number of anilines is 1. The van der Waals surface area contributed by atoms with E-state index in [1.165, 1.54) is 0 Å². The van der Waals surface area contributed by atoms with Crippen LogP contribution in [0, 0.1) is 0 Å². The van der Waals surface area contributed by atoms with Gasteiger partial charge in [0.2, 0.25) is 5.56 Å². The first-order valence-electron chi connectivity index (χ1n) is 9.12. The van der Waals surface area contributed by atoms with Gasteiger partial charge in [-0.2, -0.15) is 0 Å². The summed E-state index contributed by atoms with van der Waals surface area (Å²) in [5.74, 6) is 2.06. The summed E-state index contributed by atoms with van der Waals surface area (Å²) in [4.78, 5) is 15.9. The second-order valence-corrected chi connectivity index (χ2v) is 5.86. The van der Waals surface area contributed by atoms with Crippen molar-refractivity contribution in [1.82, 2.24) is 9.88 Å². The third-order valence-corrected chi connectivity index (χ3v) is 3.97. The van der Waals surface area contributed by atoms with Crippen LogP contribution in [0.1, 0.15) is 19.8 Å². The molecule has 8 heteroatoms. The van der Waals surface area contributed by atoms with Crippen molar-refractivity contribution < 1.29 is 9.47 Å². The maximum atomic E-state index is 11.7. The number of ether oxygens (including phenoxy) is 2. The van der Waals surface area contributed by atoms with Gasteiger partial charge in [0, 0.05) is 44.2 Å². The summed E-state index contributed by atoms with van der Waals surface area (Å²) in [5, 5.41) is 6.51. The highest BCUT2D eigenvalue weighted by atomic mass is 127. The molecular weight excluding hydrogens is 471 g/mol. The Balaban J connectivity index is 0.00000392. The summed E-state index contributed by atoms with van der Waals surface area (Å²) in [6.45, 7) is 3.99. The number of hydrogen-bond acceptors (Lipinski definition) is 4. The molecule has 2 aromatic rings. The molecule has 0 saturated carbocycles. The van der Waals surface area contributed by atoms with Crippen molar-refractivity contribution >= 4 is 35.6 Å². The molecule has 0 atom stereocenters. The van der Waals surface area contributed by atoms with Crippen LogP contribution in [0.4, 0.5) is 5.69 Å². The van der Waals surface area contributed by atoms with Crippen LogP contribution in [0.5, 0.6) is 11.5 Å². The quantitative estimate of drug-likeness (QED) is 0.239. The van der Waals surface area contributed by atoms with Crippen molar-refractivity contribution in [1.29, 1.82) is 0 Å². The summed E-state index contributed by atoms with van der Waals surface area (Å²) in [6.07, 6.45) is 3.65. The Kier molecular flexibility index (Phi) is 11.1. The first kappa shape index (κ1) is 23.8. The highest BCUT2D eigenvalue weighted by Crippen LogP contribution is 2.30. The Morgan fingerprint density at radius 2 is 2.00 bits per heavy atom. The van der Waals surface area contributed by atoms with Gasteiger partial charge in [-0.15, -0.1) is 24.0 Å². The van der Waals surface area contributed by atoms with Crippen molar-refractivity contribution in [2.24, 2.45) is 4.99 Å². The van der Waals surface area contributed by atoms with Crippen LogP contribution in [0.2, 0.25) is 0 Å². The number of rotatable bonds is 9. The SMILES string of the molecule is CCOc1ccc(NC(=NC)NCCCCn2ccccc2=O)cc1OC.I. The van der Waals surface area contributed by atoms with E-state index in [1.54, 1.807) is 30.9 Å². The number of aryl methyl sites for hydroxylation is 1. The standard InChI is InChI=1S/C20H28N4O3.HI/c1-4-27-17-11-10-16(15-18(17)26-3)23-20(21-2)22-12-6-8-14-24-13-7-5-9-19(24)25;/h5,7,9-11,13,15H,4,6,8,12,14H2,1-3H3,(H2,21,22,23);1H. The smallest absolute Gasteiger partial charge is 0.250 e. The van der Waals surface area contributed by atoms with E-state index in [-0.39, 0.29) is 29.5 Å². The molecular formula is C20H29IN4O3. The molecule has 0 amide bonds. The van der Waals surface area contributed by atoms with Gasteiger partial charge in [-0.1, -0.05) is 6.07 Å². The zero-order valence-corrected chi connectivity index (χ0v) is 18.9. The first-order valence-corrected chi connectivity index (χ1v) is 9.12. The molecule has 0 fully saturated rings. The summed E-state index contributed by atoms with van der Waals surface area (Å²) in [7, 11) is 3.34. The van der Waals surface area contributed by atoms with Gasteiger partial charge < -0.3 is 24.7 Å². The van der Waals surface area contributed by atoms with E-state index in [2.05, 4.69) is 15.6 Å². The van der Waals surface area contributed by atoms with Gasteiger partial charge in [-0.3, -0.25) is 9.79 Å². The lowest BCUT2D eigenvalue weighted by Crippen LogP contribution is -2.31. The second-order valence-electron chi connectivity index (χ2n) is 5.86. The van der Waals surface area contributed by atoms with Crippen LogP contribution in [0.15, 0.2) is 52.4 Å². The summed E-state index contributed by atoms with van der Waals surface area (Å²) < 4.78 is 12.6. The monoisotopic (exact) mass is 500 g/mol. The Hall–Kier alpha value is -2.23. The molecule has 2 rings (SSSR count). The van der Waals surface area contributed by atoms with E-state index < -0.39 is 0 Å². The number of aromatic nitrogens is 1. The van der Waals surface area contributed by atoms with Gasteiger partial charge in [-0.25, -0.2) is 0 Å². The summed E-state index contributed by atoms with van der Waals surface area (Å²) in [6, 6.07) is 10.9. The maximum Gasteiger partial charge on any atom is 0.250 e. The molecule has 0 saturated heterocycles. The van der Waals surface area contributed by atoms with Gasteiger partial charge >= 0.3 is 0 Å². The number of halogens is 1. The second kappa shape index (κ2) is 13.0. The van der Waals surface area contributed by atoms with Gasteiger partial charge in [0.1, 0.15) is 0 Å². The Bertz CT molecular complexity index is 808. The van der Waals surface area contributed by atoms with Crippen molar-refractivity contribution in [2.75, 3.05) is 32.6 Å². The van der Waals surface area contributed by atoms with E-state index in [1.807, 2.05) is 37.4 Å².